The molecule has 1 aromatic carbocycles. The number of rotatable bonds is 4. The molecule has 1 N–H and O–H groups in total. The Morgan fingerprint density at radius 2 is 2.10 bits per heavy atom. The molecule has 1 heterocycles. The summed E-state index contributed by atoms with van der Waals surface area (Å²) in [5.41, 5.74) is 0.599. The van der Waals surface area contributed by atoms with Gasteiger partial charge in [0, 0.05) is 18.8 Å². The van der Waals surface area contributed by atoms with Crippen LogP contribution in [0.2, 0.25) is 0 Å². The van der Waals surface area contributed by atoms with Gasteiger partial charge in [-0.2, -0.15) is 5.26 Å². The molecule has 0 unspecified atom stereocenters. The fraction of sp³-hybridized carbons (Fsp3) is 0.0769. The third-order valence-electron chi connectivity index (χ3n) is 2.57. The Hall–Kier alpha value is -3.01. The summed E-state index contributed by atoms with van der Waals surface area (Å²) in [4.78, 5) is 14.2. The highest BCUT2D eigenvalue weighted by Gasteiger charge is 2.16. The number of pyridine rings is 1. The Bertz CT molecular complexity index is 680. The van der Waals surface area contributed by atoms with E-state index in [-0.39, 0.29) is 29.4 Å². The lowest BCUT2D eigenvalue weighted by atomic mass is 10.2. The van der Waals surface area contributed by atoms with Crippen LogP contribution in [0.3, 0.4) is 0 Å². The molecule has 0 amide bonds. The molecule has 0 aliphatic carbocycles. The monoisotopic (exact) mass is 272 g/mol. The summed E-state index contributed by atoms with van der Waals surface area (Å²) in [5.74, 6) is -0.283. The van der Waals surface area contributed by atoms with Crippen molar-refractivity contribution < 1.29 is 9.31 Å². The molecule has 2 aromatic rings. The van der Waals surface area contributed by atoms with E-state index < -0.39 is 4.92 Å². The topological polar surface area (TPSA) is 91.8 Å². The summed E-state index contributed by atoms with van der Waals surface area (Å²) in [6, 6.07) is 8.69. The van der Waals surface area contributed by atoms with E-state index in [1.165, 1.54) is 18.3 Å². The molecule has 0 spiro atoms. The molecule has 1 aromatic heterocycles. The molecule has 0 saturated carbocycles. The first-order valence-corrected chi connectivity index (χ1v) is 5.63. The molecular weight excluding hydrogens is 263 g/mol. The second-order valence-corrected chi connectivity index (χ2v) is 3.94. The average molecular weight is 272 g/mol. The minimum absolute atomic E-state index is 0.0679. The summed E-state index contributed by atoms with van der Waals surface area (Å²) in [5, 5.41) is 22.4. The maximum absolute atomic E-state index is 12.8. The second-order valence-electron chi connectivity index (χ2n) is 3.94. The summed E-state index contributed by atoms with van der Waals surface area (Å²) < 4.78 is 12.8. The smallest absolute Gasteiger partial charge is 0.312 e. The molecule has 0 radical (unpaired) electrons. The molecule has 0 atom stereocenters. The van der Waals surface area contributed by atoms with Gasteiger partial charge < -0.3 is 5.32 Å². The zero-order chi connectivity index (χ0) is 14.5. The van der Waals surface area contributed by atoms with Crippen molar-refractivity contribution in [3.63, 3.8) is 0 Å². The Morgan fingerprint density at radius 1 is 1.40 bits per heavy atom. The number of aromatic nitrogens is 1. The quantitative estimate of drug-likeness (QED) is 0.682. The van der Waals surface area contributed by atoms with E-state index in [0.717, 1.165) is 11.6 Å². The first-order chi connectivity index (χ1) is 9.60. The standard InChI is InChI=1S/C13H9FN4O2/c14-11-3-1-9(2-4-11)7-16-13-12(18(19)20)5-10(6-15)8-17-13/h1-5,8H,7H2,(H,16,17). The van der Waals surface area contributed by atoms with Crippen LogP contribution >= 0.6 is 0 Å². The number of nitro groups is 1. The SMILES string of the molecule is N#Cc1cnc(NCc2ccc(F)cc2)c([N+](=O)[O-])c1. The minimum atomic E-state index is -0.610. The van der Waals surface area contributed by atoms with Crippen LogP contribution < -0.4 is 5.32 Å². The van der Waals surface area contributed by atoms with E-state index in [1.807, 2.05) is 0 Å². The molecule has 6 nitrogen and oxygen atoms in total. The van der Waals surface area contributed by atoms with Crippen LogP contribution in [0.15, 0.2) is 36.5 Å². The van der Waals surface area contributed by atoms with E-state index >= 15 is 0 Å². The minimum Gasteiger partial charge on any atom is -0.360 e. The van der Waals surface area contributed by atoms with Gasteiger partial charge in [-0.3, -0.25) is 10.1 Å². The van der Waals surface area contributed by atoms with Crippen LogP contribution in [0.5, 0.6) is 0 Å². The van der Waals surface area contributed by atoms with E-state index in [1.54, 1.807) is 18.2 Å². The summed E-state index contributed by atoms with van der Waals surface area (Å²) >= 11 is 0. The molecule has 2 rings (SSSR count). The van der Waals surface area contributed by atoms with Gasteiger partial charge in [0.25, 0.3) is 0 Å². The van der Waals surface area contributed by atoms with Gasteiger partial charge in [0.05, 0.1) is 10.5 Å². The Morgan fingerprint density at radius 3 is 2.70 bits per heavy atom. The third kappa shape index (κ3) is 3.05. The largest absolute Gasteiger partial charge is 0.360 e. The first-order valence-electron chi connectivity index (χ1n) is 5.63. The fourth-order valence-electron chi connectivity index (χ4n) is 1.58. The van der Waals surface area contributed by atoms with E-state index in [0.29, 0.717) is 0 Å². The van der Waals surface area contributed by atoms with Crippen molar-refractivity contribution in [2.24, 2.45) is 0 Å². The van der Waals surface area contributed by atoms with Crippen molar-refractivity contribution in [1.82, 2.24) is 4.98 Å². The number of nitriles is 1. The Balaban J connectivity index is 2.19. The molecule has 100 valence electrons. The highest BCUT2D eigenvalue weighted by Crippen LogP contribution is 2.23. The number of halogens is 1. The van der Waals surface area contributed by atoms with Gasteiger partial charge in [-0.15, -0.1) is 0 Å². The van der Waals surface area contributed by atoms with E-state index in [4.69, 9.17) is 5.26 Å². The maximum Gasteiger partial charge on any atom is 0.312 e. The highest BCUT2D eigenvalue weighted by molar-refractivity contribution is 5.58. The zero-order valence-electron chi connectivity index (χ0n) is 10.2. The van der Waals surface area contributed by atoms with E-state index in [9.17, 15) is 14.5 Å². The molecule has 0 saturated heterocycles. The van der Waals surface area contributed by atoms with Gasteiger partial charge in [0.15, 0.2) is 0 Å². The van der Waals surface area contributed by atoms with Crippen molar-refractivity contribution in [2.45, 2.75) is 6.54 Å². The third-order valence-corrected chi connectivity index (χ3v) is 2.57. The zero-order valence-corrected chi connectivity index (χ0v) is 10.2. The number of nitrogens with one attached hydrogen (secondary N) is 1. The number of benzene rings is 1. The predicted molar refractivity (Wildman–Crippen MR) is 69.3 cm³/mol. The van der Waals surface area contributed by atoms with Crippen molar-refractivity contribution >= 4 is 11.5 Å². The molecular formula is C13H9FN4O2. The fourth-order valence-corrected chi connectivity index (χ4v) is 1.58. The molecule has 0 fully saturated rings. The molecule has 0 aliphatic rings. The summed E-state index contributed by atoms with van der Waals surface area (Å²) in [6.45, 7) is 0.264. The number of hydrogen-bond acceptors (Lipinski definition) is 5. The number of anilines is 1. The van der Waals surface area contributed by atoms with Gasteiger partial charge in [-0.05, 0) is 17.7 Å². The lowest BCUT2D eigenvalue weighted by molar-refractivity contribution is -0.384. The van der Waals surface area contributed by atoms with Gasteiger partial charge >= 0.3 is 5.69 Å². The Kier molecular flexibility index (Phi) is 3.86. The van der Waals surface area contributed by atoms with E-state index in [2.05, 4.69) is 10.3 Å². The van der Waals surface area contributed by atoms with Crippen LogP contribution in [-0.4, -0.2) is 9.91 Å². The second kappa shape index (κ2) is 5.75. The molecule has 0 aliphatic heterocycles. The van der Waals surface area contributed by atoms with Crippen molar-refractivity contribution in [3.8, 4) is 6.07 Å². The van der Waals surface area contributed by atoms with Crippen LogP contribution in [0.1, 0.15) is 11.1 Å². The normalized spacial score (nSPS) is 9.80. The average Bonchev–Trinajstić information content (AvgIpc) is 2.46. The Labute approximate surface area is 113 Å². The van der Waals surface area contributed by atoms with Crippen LogP contribution in [0.4, 0.5) is 15.9 Å². The van der Waals surface area contributed by atoms with Crippen molar-refractivity contribution in [3.05, 3.63) is 63.6 Å². The molecule has 7 heteroatoms. The lowest BCUT2D eigenvalue weighted by Gasteiger charge is -2.06. The van der Waals surface area contributed by atoms with Gasteiger partial charge in [0.1, 0.15) is 11.9 Å². The van der Waals surface area contributed by atoms with Crippen LogP contribution in [0.25, 0.3) is 0 Å². The molecule has 20 heavy (non-hydrogen) atoms. The maximum atomic E-state index is 12.8. The predicted octanol–water partition coefficient (Wildman–Crippen LogP) is 2.61. The van der Waals surface area contributed by atoms with Crippen LogP contribution in [0, 0.1) is 27.3 Å². The highest BCUT2D eigenvalue weighted by atomic mass is 19.1. The summed E-state index contributed by atoms with van der Waals surface area (Å²) in [7, 11) is 0. The number of nitrogens with zero attached hydrogens (tertiary/aromatic N) is 3. The van der Waals surface area contributed by atoms with Crippen LogP contribution in [-0.2, 0) is 6.54 Å². The van der Waals surface area contributed by atoms with Gasteiger partial charge in [-0.1, -0.05) is 12.1 Å². The van der Waals surface area contributed by atoms with Crippen molar-refractivity contribution in [1.29, 1.82) is 5.26 Å². The lowest BCUT2D eigenvalue weighted by Crippen LogP contribution is -2.05. The summed E-state index contributed by atoms with van der Waals surface area (Å²) in [6.07, 6.45) is 1.25. The number of hydrogen-bond donors (Lipinski definition) is 1. The van der Waals surface area contributed by atoms with Gasteiger partial charge in [-0.25, -0.2) is 9.37 Å². The molecule has 0 bridgehead atoms. The van der Waals surface area contributed by atoms with Gasteiger partial charge in [0.2, 0.25) is 5.82 Å². The first kappa shape index (κ1) is 13.4. The van der Waals surface area contributed by atoms with Crippen molar-refractivity contribution in [2.75, 3.05) is 5.32 Å².